The molecule has 0 radical (unpaired) electrons. The number of hydrogen-bond donors (Lipinski definition) is 2. The van der Waals surface area contributed by atoms with Crippen LogP contribution in [0.3, 0.4) is 0 Å². The van der Waals surface area contributed by atoms with E-state index in [0.717, 1.165) is 29.5 Å². The second kappa shape index (κ2) is 4.92. The average Bonchev–Trinajstić information content (AvgIpc) is 3.16. The van der Waals surface area contributed by atoms with Crippen molar-refractivity contribution in [2.75, 3.05) is 0 Å². The Morgan fingerprint density at radius 1 is 0.630 bits per heavy atom. The van der Waals surface area contributed by atoms with Crippen LogP contribution in [0.2, 0.25) is 0 Å². The lowest BCUT2D eigenvalue weighted by atomic mass is 9.69. The van der Waals surface area contributed by atoms with Crippen LogP contribution in [0.4, 0.5) is 0 Å². The summed E-state index contributed by atoms with van der Waals surface area (Å²) in [6.07, 6.45) is 6.80. The molecule has 6 rings (SSSR count). The Bertz CT molecular complexity index is 1200. The van der Waals surface area contributed by atoms with Gasteiger partial charge in [-0.05, 0) is 69.5 Å². The molecule has 1 atom stereocenters. The van der Waals surface area contributed by atoms with Crippen LogP contribution in [-0.4, -0.2) is 10.2 Å². The molecule has 27 heavy (non-hydrogen) atoms. The fourth-order valence-corrected chi connectivity index (χ4v) is 5.36. The molecule has 2 heteroatoms. The number of phenolic OH excluding ortho intramolecular Hbond substituents is 2. The van der Waals surface area contributed by atoms with E-state index in [0.29, 0.717) is 0 Å². The molecule has 0 saturated heterocycles. The molecular weight excluding hydrogens is 332 g/mol. The third-order valence-corrected chi connectivity index (χ3v) is 6.32. The van der Waals surface area contributed by atoms with Crippen molar-refractivity contribution in [3.05, 3.63) is 101 Å². The van der Waals surface area contributed by atoms with E-state index in [-0.39, 0.29) is 11.5 Å². The van der Waals surface area contributed by atoms with E-state index in [4.69, 9.17) is 0 Å². The molecule has 0 fully saturated rings. The Hall–Kier alpha value is -3.26. The molecule has 2 N–H and O–H groups in total. The van der Waals surface area contributed by atoms with Gasteiger partial charge in [-0.3, -0.25) is 0 Å². The zero-order chi connectivity index (χ0) is 18.2. The van der Waals surface area contributed by atoms with Crippen molar-refractivity contribution >= 4 is 5.57 Å². The molecule has 130 valence electrons. The molecule has 0 heterocycles. The first-order valence-electron chi connectivity index (χ1n) is 9.40. The van der Waals surface area contributed by atoms with Gasteiger partial charge in [-0.25, -0.2) is 0 Å². The van der Waals surface area contributed by atoms with Gasteiger partial charge in [0.1, 0.15) is 0 Å². The van der Waals surface area contributed by atoms with Gasteiger partial charge in [0.2, 0.25) is 0 Å². The van der Waals surface area contributed by atoms with E-state index >= 15 is 0 Å². The molecule has 0 amide bonds. The lowest BCUT2D eigenvalue weighted by Crippen LogP contribution is -2.26. The van der Waals surface area contributed by atoms with Crippen molar-refractivity contribution in [2.45, 2.75) is 18.3 Å². The number of phenols is 2. The minimum Gasteiger partial charge on any atom is -0.504 e. The summed E-state index contributed by atoms with van der Waals surface area (Å²) >= 11 is 0. The van der Waals surface area contributed by atoms with Gasteiger partial charge in [-0.15, -0.1) is 0 Å². The maximum atomic E-state index is 10.4. The highest BCUT2D eigenvalue weighted by molar-refractivity contribution is 6.00. The van der Waals surface area contributed by atoms with Gasteiger partial charge in [0.05, 0.1) is 5.41 Å². The van der Waals surface area contributed by atoms with Gasteiger partial charge < -0.3 is 10.2 Å². The Balaban J connectivity index is 1.84. The number of aromatic hydroxyl groups is 2. The Kier molecular flexibility index (Phi) is 2.71. The molecule has 3 aromatic rings. The fraction of sp³-hybridized carbons (Fsp3) is 0.120. The summed E-state index contributed by atoms with van der Waals surface area (Å²) in [5, 5.41) is 20.6. The zero-order valence-corrected chi connectivity index (χ0v) is 14.7. The van der Waals surface area contributed by atoms with Crippen LogP contribution in [0.25, 0.3) is 16.7 Å². The van der Waals surface area contributed by atoms with Crippen molar-refractivity contribution in [3.63, 3.8) is 0 Å². The summed E-state index contributed by atoms with van der Waals surface area (Å²) < 4.78 is 0. The van der Waals surface area contributed by atoms with Crippen molar-refractivity contribution in [3.8, 4) is 22.6 Å². The first-order chi connectivity index (χ1) is 13.2. The molecule has 2 nitrogen and oxygen atoms in total. The minimum absolute atomic E-state index is 0.0627. The summed E-state index contributed by atoms with van der Waals surface area (Å²) in [4.78, 5) is 0. The summed E-state index contributed by atoms with van der Waals surface area (Å²) in [6, 6.07) is 20.5. The number of hydrogen-bond acceptors (Lipinski definition) is 2. The highest BCUT2D eigenvalue weighted by Gasteiger charge is 2.53. The fourth-order valence-electron chi connectivity index (χ4n) is 5.36. The monoisotopic (exact) mass is 350 g/mol. The predicted molar refractivity (Wildman–Crippen MR) is 107 cm³/mol. The molecule has 0 bridgehead atoms. The van der Waals surface area contributed by atoms with E-state index in [1.165, 1.54) is 27.8 Å². The average molecular weight is 350 g/mol. The smallest absolute Gasteiger partial charge is 0.158 e. The summed E-state index contributed by atoms with van der Waals surface area (Å²) in [5.41, 5.74) is 9.17. The lowest BCUT2D eigenvalue weighted by molar-refractivity contribution is 0.403. The molecular formula is C25H18O2. The predicted octanol–water partition coefficient (Wildman–Crippen LogP) is 5.53. The molecule has 0 aliphatic heterocycles. The normalized spacial score (nSPS) is 21.2. The van der Waals surface area contributed by atoms with Crippen LogP contribution in [0.5, 0.6) is 11.5 Å². The van der Waals surface area contributed by atoms with E-state index in [9.17, 15) is 10.2 Å². The van der Waals surface area contributed by atoms with Gasteiger partial charge in [0, 0.05) is 0 Å². The van der Waals surface area contributed by atoms with Crippen LogP contribution in [0.15, 0.2) is 78.4 Å². The summed E-state index contributed by atoms with van der Waals surface area (Å²) in [7, 11) is 0. The first-order valence-corrected chi connectivity index (χ1v) is 9.40. The Labute approximate surface area is 157 Å². The van der Waals surface area contributed by atoms with Crippen LogP contribution in [-0.2, 0) is 5.41 Å². The van der Waals surface area contributed by atoms with Crippen molar-refractivity contribution in [2.24, 2.45) is 0 Å². The molecule has 0 aromatic heterocycles. The van der Waals surface area contributed by atoms with Gasteiger partial charge in [-0.1, -0.05) is 60.7 Å². The number of allylic oxidation sites excluding steroid dienone is 4. The third kappa shape index (κ3) is 1.62. The lowest BCUT2D eigenvalue weighted by Gasteiger charge is -2.31. The molecule has 3 aliphatic carbocycles. The maximum Gasteiger partial charge on any atom is 0.158 e. The second-order valence-corrected chi connectivity index (χ2v) is 7.54. The van der Waals surface area contributed by atoms with E-state index in [1.807, 2.05) is 6.07 Å². The highest BCUT2D eigenvalue weighted by atomic mass is 16.3. The topological polar surface area (TPSA) is 40.5 Å². The number of rotatable bonds is 0. The SMILES string of the molecule is Oc1cc2c(cc1O)C1(C3=CCCC=C3c3ccccc31)c1ccccc1-2. The molecule has 1 spiro atoms. The second-order valence-electron chi connectivity index (χ2n) is 7.54. The first kappa shape index (κ1) is 14.9. The molecule has 3 aromatic carbocycles. The third-order valence-electron chi connectivity index (χ3n) is 6.32. The van der Waals surface area contributed by atoms with E-state index in [2.05, 4.69) is 54.6 Å². The maximum absolute atomic E-state index is 10.4. The van der Waals surface area contributed by atoms with Crippen LogP contribution >= 0.6 is 0 Å². The van der Waals surface area contributed by atoms with Gasteiger partial charge >= 0.3 is 0 Å². The minimum atomic E-state index is -0.417. The summed E-state index contributed by atoms with van der Waals surface area (Å²) in [5.74, 6) is -0.132. The van der Waals surface area contributed by atoms with Crippen molar-refractivity contribution in [1.82, 2.24) is 0 Å². The number of fused-ring (bicyclic) bond motifs is 10. The largest absolute Gasteiger partial charge is 0.504 e. The quantitative estimate of drug-likeness (QED) is 0.523. The Morgan fingerprint density at radius 2 is 1.26 bits per heavy atom. The molecule has 0 saturated carbocycles. The van der Waals surface area contributed by atoms with Crippen LogP contribution in [0, 0.1) is 0 Å². The van der Waals surface area contributed by atoms with Gasteiger partial charge in [-0.2, -0.15) is 0 Å². The molecule has 1 unspecified atom stereocenters. The standard InChI is InChI=1S/C25H18O2/c26-23-13-18-17-9-3-6-12-21(17)25(22(18)14-24(23)27)19-10-4-1-7-15(19)16-8-2-5-11-20(16)25/h1,3-4,6-14,26-27H,2,5H2. The molecule has 3 aliphatic rings. The highest BCUT2D eigenvalue weighted by Crippen LogP contribution is 2.65. The van der Waals surface area contributed by atoms with Gasteiger partial charge in [0.15, 0.2) is 11.5 Å². The van der Waals surface area contributed by atoms with Crippen LogP contribution in [0.1, 0.15) is 35.1 Å². The van der Waals surface area contributed by atoms with E-state index in [1.54, 1.807) is 12.1 Å². The van der Waals surface area contributed by atoms with Crippen molar-refractivity contribution < 1.29 is 10.2 Å². The van der Waals surface area contributed by atoms with Crippen LogP contribution < -0.4 is 0 Å². The number of benzene rings is 3. The van der Waals surface area contributed by atoms with Crippen molar-refractivity contribution in [1.29, 1.82) is 0 Å². The summed E-state index contributed by atoms with van der Waals surface area (Å²) in [6.45, 7) is 0. The van der Waals surface area contributed by atoms with E-state index < -0.39 is 5.41 Å². The zero-order valence-electron chi connectivity index (χ0n) is 14.7. The van der Waals surface area contributed by atoms with Gasteiger partial charge in [0.25, 0.3) is 0 Å². The Morgan fingerprint density at radius 3 is 2.07 bits per heavy atom.